The van der Waals surface area contributed by atoms with E-state index in [-0.39, 0.29) is 11.9 Å². The van der Waals surface area contributed by atoms with Gasteiger partial charge >= 0.3 is 0 Å². The van der Waals surface area contributed by atoms with E-state index in [2.05, 4.69) is 21.2 Å². The second-order valence-electron chi connectivity index (χ2n) is 6.82. The number of nitrogens with zero attached hydrogens (tertiary/aromatic N) is 3. The number of rotatable bonds is 4. The minimum atomic E-state index is -0.271. The Morgan fingerprint density at radius 1 is 1.11 bits per heavy atom. The Balaban J connectivity index is 1.60. The van der Waals surface area contributed by atoms with E-state index < -0.39 is 0 Å². The molecule has 0 bridgehead atoms. The van der Waals surface area contributed by atoms with Gasteiger partial charge in [-0.25, -0.2) is 0 Å². The Morgan fingerprint density at radius 2 is 1.86 bits per heavy atom. The lowest BCUT2D eigenvalue weighted by Gasteiger charge is -2.27. The number of halogens is 2. The molecule has 2 aromatic carbocycles. The van der Waals surface area contributed by atoms with Crippen molar-refractivity contribution >= 4 is 40.5 Å². The molecular formula is C21H22Cl2N4O. The fraction of sp³-hybridized carbons (Fsp3) is 0.333. The topological polar surface area (TPSA) is 59.4 Å². The zero-order chi connectivity index (χ0) is 20.1. The molecule has 0 aromatic heterocycles. The molecule has 0 saturated carbocycles. The second-order valence-corrected chi connectivity index (χ2v) is 7.67. The molecule has 1 N–H and O–H groups in total. The van der Waals surface area contributed by atoms with E-state index >= 15 is 0 Å². The summed E-state index contributed by atoms with van der Waals surface area (Å²) in [6.07, 6.45) is 0.958. The maximum atomic E-state index is 12.7. The predicted molar refractivity (Wildman–Crippen MR) is 114 cm³/mol. The predicted octanol–water partition coefficient (Wildman–Crippen LogP) is 4.40. The van der Waals surface area contributed by atoms with Crippen LogP contribution < -0.4 is 10.2 Å². The van der Waals surface area contributed by atoms with Crippen LogP contribution in [0.25, 0.3) is 0 Å². The van der Waals surface area contributed by atoms with Gasteiger partial charge in [0.05, 0.1) is 28.4 Å². The molecule has 1 saturated heterocycles. The summed E-state index contributed by atoms with van der Waals surface area (Å²) in [4.78, 5) is 17.2. The Labute approximate surface area is 175 Å². The van der Waals surface area contributed by atoms with Crippen LogP contribution in [-0.2, 0) is 4.79 Å². The smallest absolute Gasteiger partial charge is 0.241 e. The van der Waals surface area contributed by atoms with E-state index in [1.807, 2.05) is 31.2 Å². The molecule has 1 atom stereocenters. The molecule has 1 heterocycles. The Bertz CT molecular complexity index is 879. The van der Waals surface area contributed by atoms with Crippen molar-refractivity contribution in [2.24, 2.45) is 0 Å². The van der Waals surface area contributed by atoms with Crippen molar-refractivity contribution in [3.05, 3.63) is 58.1 Å². The lowest BCUT2D eigenvalue weighted by Crippen LogP contribution is -2.44. The summed E-state index contributed by atoms with van der Waals surface area (Å²) in [6.45, 7) is 5.28. The van der Waals surface area contributed by atoms with Gasteiger partial charge in [0.15, 0.2) is 0 Å². The average Bonchev–Trinajstić information content (AvgIpc) is 2.96. The first-order chi connectivity index (χ1) is 13.5. The molecule has 1 amide bonds. The summed E-state index contributed by atoms with van der Waals surface area (Å²) < 4.78 is 0. The molecule has 0 radical (unpaired) electrons. The van der Waals surface area contributed by atoms with E-state index in [4.69, 9.17) is 28.5 Å². The monoisotopic (exact) mass is 416 g/mol. The van der Waals surface area contributed by atoms with Crippen molar-refractivity contribution in [3.63, 3.8) is 0 Å². The van der Waals surface area contributed by atoms with Gasteiger partial charge in [0.2, 0.25) is 5.91 Å². The largest absolute Gasteiger partial charge is 0.370 e. The van der Waals surface area contributed by atoms with E-state index in [1.165, 1.54) is 0 Å². The highest BCUT2D eigenvalue weighted by atomic mass is 35.5. The zero-order valence-electron chi connectivity index (χ0n) is 15.7. The first-order valence-electron chi connectivity index (χ1n) is 9.23. The third-order valence-corrected chi connectivity index (χ3v) is 5.56. The molecule has 1 unspecified atom stereocenters. The van der Waals surface area contributed by atoms with Crippen molar-refractivity contribution < 1.29 is 4.79 Å². The van der Waals surface area contributed by atoms with Crippen LogP contribution >= 0.6 is 23.2 Å². The standard InChI is InChI=1S/C21H22Cl2N4O/c1-15(21(28)25-20-8-5-17(22)13-19(20)23)26-9-2-10-27(12-11-26)18-6-3-16(14-24)4-7-18/h3-8,13,15H,2,9-12H2,1H3,(H,25,28). The number of nitriles is 1. The summed E-state index contributed by atoms with van der Waals surface area (Å²) in [7, 11) is 0. The molecule has 1 fully saturated rings. The third-order valence-electron chi connectivity index (χ3n) is 5.01. The van der Waals surface area contributed by atoms with Crippen molar-refractivity contribution in [2.75, 3.05) is 36.4 Å². The number of carbonyl (C=O) groups is 1. The van der Waals surface area contributed by atoms with Crippen LogP contribution in [0.3, 0.4) is 0 Å². The van der Waals surface area contributed by atoms with Crippen LogP contribution in [0.4, 0.5) is 11.4 Å². The normalized spacial score (nSPS) is 16.1. The number of nitrogens with one attached hydrogen (secondary N) is 1. The molecule has 0 aliphatic carbocycles. The van der Waals surface area contributed by atoms with Crippen molar-refractivity contribution in [1.82, 2.24) is 4.90 Å². The van der Waals surface area contributed by atoms with Gasteiger partial charge in [-0.3, -0.25) is 9.69 Å². The van der Waals surface area contributed by atoms with Crippen LogP contribution in [-0.4, -0.2) is 43.0 Å². The van der Waals surface area contributed by atoms with E-state index in [9.17, 15) is 4.79 Å². The quantitative estimate of drug-likeness (QED) is 0.801. The number of carbonyl (C=O) groups excluding carboxylic acids is 1. The minimum absolute atomic E-state index is 0.0870. The maximum absolute atomic E-state index is 12.7. The average molecular weight is 417 g/mol. The van der Waals surface area contributed by atoms with E-state index in [0.717, 1.165) is 38.3 Å². The minimum Gasteiger partial charge on any atom is -0.370 e. The number of benzene rings is 2. The number of hydrogen-bond donors (Lipinski definition) is 1. The SMILES string of the molecule is CC(C(=O)Nc1ccc(Cl)cc1Cl)N1CCCN(c2ccc(C#N)cc2)CC1. The maximum Gasteiger partial charge on any atom is 0.241 e. The van der Waals surface area contributed by atoms with Gasteiger partial charge in [-0.05, 0) is 55.8 Å². The summed E-state index contributed by atoms with van der Waals surface area (Å²) >= 11 is 12.1. The Kier molecular flexibility index (Phi) is 6.79. The lowest BCUT2D eigenvalue weighted by atomic mass is 10.2. The highest BCUT2D eigenvalue weighted by Gasteiger charge is 2.24. The molecule has 146 valence electrons. The second kappa shape index (κ2) is 9.29. The Morgan fingerprint density at radius 3 is 2.54 bits per heavy atom. The highest BCUT2D eigenvalue weighted by molar-refractivity contribution is 6.36. The molecule has 2 aromatic rings. The van der Waals surface area contributed by atoms with Gasteiger partial charge < -0.3 is 10.2 Å². The van der Waals surface area contributed by atoms with Crippen LogP contribution in [0.15, 0.2) is 42.5 Å². The lowest BCUT2D eigenvalue weighted by molar-refractivity contribution is -0.120. The summed E-state index contributed by atoms with van der Waals surface area (Å²) in [5.41, 5.74) is 2.33. The molecular weight excluding hydrogens is 395 g/mol. The van der Waals surface area contributed by atoms with Gasteiger partial charge in [0, 0.05) is 36.9 Å². The molecule has 5 nitrogen and oxygen atoms in total. The van der Waals surface area contributed by atoms with E-state index in [1.54, 1.807) is 18.2 Å². The molecule has 1 aliphatic heterocycles. The van der Waals surface area contributed by atoms with Crippen molar-refractivity contribution in [2.45, 2.75) is 19.4 Å². The molecule has 1 aliphatic rings. The highest BCUT2D eigenvalue weighted by Crippen LogP contribution is 2.26. The van der Waals surface area contributed by atoms with Crippen LogP contribution in [0.2, 0.25) is 10.0 Å². The fourth-order valence-electron chi connectivity index (χ4n) is 3.32. The van der Waals surface area contributed by atoms with Gasteiger partial charge in [0.25, 0.3) is 0 Å². The molecule has 28 heavy (non-hydrogen) atoms. The van der Waals surface area contributed by atoms with Gasteiger partial charge in [-0.2, -0.15) is 5.26 Å². The van der Waals surface area contributed by atoms with Crippen molar-refractivity contribution in [3.8, 4) is 6.07 Å². The third kappa shape index (κ3) is 4.96. The van der Waals surface area contributed by atoms with Crippen LogP contribution in [0.5, 0.6) is 0 Å². The van der Waals surface area contributed by atoms with Gasteiger partial charge in [-0.1, -0.05) is 23.2 Å². The van der Waals surface area contributed by atoms with E-state index in [0.29, 0.717) is 21.3 Å². The Hall–Kier alpha value is -2.26. The van der Waals surface area contributed by atoms with Crippen molar-refractivity contribution in [1.29, 1.82) is 5.26 Å². The summed E-state index contributed by atoms with van der Waals surface area (Å²) in [6, 6.07) is 14.5. The van der Waals surface area contributed by atoms with Crippen LogP contribution in [0, 0.1) is 11.3 Å². The molecule has 0 spiro atoms. The van der Waals surface area contributed by atoms with Gasteiger partial charge in [0.1, 0.15) is 0 Å². The number of anilines is 2. The molecule has 7 heteroatoms. The fourth-order valence-corrected chi connectivity index (χ4v) is 3.78. The number of hydrogen-bond acceptors (Lipinski definition) is 4. The van der Waals surface area contributed by atoms with Crippen LogP contribution in [0.1, 0.15) is 18.9 Å². The molecule has 3 rings (SSSR count). The summed E-state index contributed by atoms with van der Waals surface area (Å²) in [5, 5.41) is 12.8. The first-order valence-corrected chi connectivity index (χ1v) is 9.98. The first kappa shape index (κ1) is 20.5. The van der Waals surface area contributed by atoms with Gasteiger partial charge in [-0.15, -0.1) is 0 Å². The number of amides is 1. The summed E-state index contributed by atoms with van der Waals surface area (Å²) in [5.74, 6) is -0.0870. The zero-order valence-corrected chi connectivity index (χ0v) is 17.2.